The van der Waals surface area contributed by atoms with Gasteiger partial charge in [0.25, 0.3) is 0 Å². The number of hydrogen-bond acceptors (Lipinski definition) is 5. The molecular formula is C8H8Cl2N6. The molecule has 0 bridgehead atoms. The van der Waals surface area contributed by atoms with Crippen molar-refractivity contribution >= 4 is 34.6 Å². The van der Waals surface area contributed by atoms with Gasteiger partial charge in [-0.05, 0) is 12.1 Å². The molecule has 1 aromatic heterocycles. The monoisotopic (exact) mass is 258 g/mol. The van der Waals surface area contributed by atoms with Crippen LogP contribution in [0, 0.1) is 0 Å². The van der Waals surface area contributed by atoms with E-state index in [1.165, 1.54) is 0 Å². The molecule has 2 aromatic rings. The minimum atomic E-state index is 0.401. The lowest BCUT2D eigenvalue weighted by Crippen LogP contribution is -2.04. The summed E-state index contributed by atoms with van der Waals surface area (Å²) in [6.07, 6.45) is 0. The SMILES string of the molecule is Nc1cc(Cl)c(Cl)cc1NCc1nn[nH]n1. The summed E-state index contributed by atoms with van der Waals surface area (Å²) >= 11 is 11.7. The molecule has 0 atom stereocenters. The number of halogens is 2. The molecule has 1 heterocycles. The highest BCUT2D eigenvalue weighted by atomic mass is 35.5. The Morgan fingerprint density at radius 2 is 2.06 bits per heavy atom. The van der Waals surface area contributed by atoms with E-state index in [2.05, 4.69) is 25.9 Å². The summed E-state index contributed by atoms with van der Waals surface area (Å²) in [6, 6.07) is 3.24. The van der Waals surface area contributed by atoms with Crippen molar-refractivity contribution in [1.29, 1.82) is 0 Å². The summed E-state index contributed by atoms with van der Waals surface area (Å²) in [5.74, 6) is 0.533. The molecule has 0 saturated heterocycles. The highest BCUT2D eigenvalue weighted by molar-refractivity contribution is 6.42. The molecule has 0 spiro atoms. The second kappa shape index (κ2) is 4.54. The Morgan fingerprint density at radius 1 is 1.31 bits per heavy atom. The lowest BCUT2D eigenvalue weighted by atomic mass is 10.2. The number of H-pyrrole nitrogens is 1. The summed E-state index contributed by atoms with van der Waals surface area (Å²) in [7, 11) is 0. The number of aromatic amines is 1. The third kappa shape index (κ3) is 2.34. The van der Waals surface area contributed by atoms with Crippen LogP contribution in [0.5, 0.6) is 0 Å². The Morgan fingerprint density at radius 3 is 2.75 bits per heavy atom. The largest absolute Gasteiger partial charge is 0.397 e. The number of nitrogen functional groups attached to an aromatic ring is 1. The fourth-order valence-electron chi connectivity index (χ4n) is 1.15. The van der Waals surface area contributed by atoms with Gasteiger partial charge in [-0.3, -0.25) is 0 Å². The fourth-order valence-corrected chi connectivity index (χ4v) is 1.48. The van der Waals surface area contributed by atoms with E-state index in [1.807, 2.05) is 0 Å². The van der Waals surface area contributed by atoms with Crippen LogP contribution in [0.3, 0.4) is 0 Å². The standard InChI is InChI=1S/C8H8Cl2N6/c9-4-1-6(11)7(2-5(4)10)12-3-8-13-15-16-14-8/h1-2,12H,3,11H2,(H,13,14,15,16). The lowest BCUT2D eigenvalue weighted by molar-refractivity contribution is 0.881. The highest BCUT2D eigenvalue weighted by Gasteiger charge is 2.05. The number of aromatic nitrogens is 4. The molecule has 0 aliphatic carbocycles. The molecule has 0 unspecified atom stereocenters. The van der Waals surface area contributed by atoms with Gasteiger partial charge in [-0.1, -0.05) is 28.4 Å². The van der Waals surface area contributed by atoms with E-state index in [9.17, 15) is 0 Å². The van der Waals surface area contributed by atoms with Crippen molar-refractivity contribution in [2.45, 2.75) is 6.54 Å². The van der Waals surface area contributed by atoms with E-state index in [0.29, 0.717) is 33.8 Å². The minimum absolute atomic E-state index is 0.401. The van der Waals surface area contributed by atoms with Crippen LogP contribution in [0.1, 0.15) is 5.82 Å². The van der Waals surface area contributed by atoms with Crippen LogP contribution in [0.25, 0.3) is 0 Å². The van der Waals surface area contributed by atoms with Crippen LogP contribution in [0.4, 0.5) is 11.4 Å². The van der Waals surface area contributed by atoms with Gasteiger partial charge in [-0.25, -0.2) is 0 Å². The number of tetrazole rings is 1. The van der Waals surface area contributed by atoms with Gasteiger partial charge in [0.05, 0.1) is 28.0 Å². The lowest BCUT2D eigenvalue weighted by Gasteiger charge is -2.08. The van der Waals surface area contributed by atoms with Crippen molar-refractivity contribution in [3.05, 3.63) is 28.0 Å². The Bertz CT molecular complexity index is 484. The Labute approximate surface area is 101 Å². The summed E-state index contributed by atoms with van der Waals surface area (Å²) < 4.78 is 0. The van der Waals surface area contributed by atoms with Gasteiger partial charge in [-0.15, -0.1) is 10.2 Å². The van der Waals surface area contributed by atoms with Gasteiger partial charge < -0.3 is 11.1 Å². The van der Waals surface area contributed by atoms with E-state index in [-0.39, 0.29) is 0 Å². The van der Waals surface area contributed by atoms with Crippen molar-refractivity contribution in [3.8, 4) is 0 Å². The second-order valence-corrected chi connectivity index (χ2v) is 3.85. The second-order valence-electron chi connectivity index (χ2n) is 3.04. The van der Waals surface area contributed by atoms with Crippen LogP contribution in [-0.4, -0.2) is 20.6 Å². The first-order valence-electron chi connectivity index (χ1n) is 4.37. The van der Waals surface area contributed by atoms with Crippen LogP contribution in [0.2, 0.25) is 10.0 Å². The van der Waals surface area contributed by atoms with Gasteiger partial charge in [0.1, 0.15) is 0 Å². The zero-order chi connectivity index (χ0) is 11.5. The molecule has 1 aromatic carbocycles. The fraction of sp³-hybridized carbons (Fsp3) is 0.125. The molecule has 8 heteroatoms. The first-order chi connectivity index (χ1) is 7.66. The number of nitrogens with zero attached hydrogens (tertiary/aromatic N) is 3. The number of benzene rings is 1. The van der Waals surface area contributed by atoms with Gasteiger partial charge >= 0.3 is 0 Å². The van der Waals surface area contributed by atoms with Crippen LogP contribution in [-0.2, 0) is 6.54 Å². The molecular weight excluding hydrogens is 251 g/mol. The van der Waals surface area contributed by atoms with Crippen molar-refractivity contribution in [1.82, 2.24) is 20.6 Å². The maximum atomic E-state index is 5.87. The molecule has 0 fully saturated rings. The topological polar surface area (TPSA) is 92.5 Å². The van der Waals surface area contributed by atoms with Crippen molar-refractivity contribution < 1.29 is 0 Å². The van der Waals surface area contributed by atoms with Gasteiger partial charge in [0.15, 0.2) is 5.82 Å². The molecule has 16 heavy (non-hydrogen) atoms. The molecule has 6 nitrogen and oxygen atoms in total. The number of hydrogen-bond donors (Lipinski definition) is 3. The molecule has 0 aliphatic heterocycles. The third-order valence-electron chi connectivity index (χ3n) is 1.92. The summed E-state index contributed by atoms with van der Waals surface area (Å²) in [6.45, 7) is 0.401. The number of nitrogens with two attached hydrogens (primary N) is 1. The first-order valence-corrected chi connectivity index (χ1v) is 5.13. The quantitative estimate of drug-likeness (QED) is 0.729. The smallest absolute Gasteiger partial charge is 0.193 e. The van der Waals surface area contributed by atoms with Crippen molar-refractivity contribution in [3.63, 3.8) is 0 Å². The van der Waals surface area contributed by atoms with E-state index >= 15 is 0 Å². The van der Waals surface area contributed by atoms with Crippen molar-refractivity contribution in [2.24, 2.45) is 0 Å². The van der Waals surface area contributed by atoms with Crippen LogP contribution in [0.15, 0.2) is 12.1 Å². The number of anilines is 2. The molecule has 0 radical (unpaired) electrons. The average molecular weight is 259 g/mol. The van der Waals surface area contributed by atoms with Gasteiger partial charge in [0, 0.05) is 0 Å². The molecule has 0 aliphatic rings. The first kappa shape index (κ1) is 11.0. The van der Waals surface area contributed by atoms with Crippen LogP contribution < -0.4 is 11.1 Å². The Kier molecular flexibility index (Phi) is 3.12. The van der Waals surface area contributed by atoms with E-state index in [1.54, 1.807) is 12.1 Å². The van der Waals surface area contributed by atoms with Gasteiger partial charge in [-0.2, -0.15) is 5.21 Å². The highest BCUT2D eigenvalue weighted by Crippen LogP contribution is 2.30. The Hall–Kier alpha value is -1.53. The summed E-state index contributed by atoms with van der Waals surface area (Å²) in [5, 5.41) is 17.3. The molecule has 0 amide bonds. The normalized spacial score (nSPS) is 10.4. The van der Waals surface area contributed by atoms with E-state index < -0.39 is 0 Å². The van der Waals surface area contributed by atoms with Gasteiger partial charge in [0.2, 0.25) is 0 Å². The molecule has 4 N–H and O–H groups in total. The zero-order valence-electron chi connectivity index (χ0n) is 8.04. The predicted octanol–water partition coefficient (Wildman–Crippen LogP) is 1.70. The maximum Gasteiger partial charge on any atom is 0.193 e. The molecule has 2 rings (SSSR count). The Balaban J connectivity index is 2.12. The number of rotatable bonds is 3. The summed E-state index contributed by atoms with van der Waals surface area (Å²) in [5.41, 5.74) is 6.95. The maximum absolute atomic E-state index is 5.87. The van der Waals surface area contributed by atoms with E-state index in [0.717, 1.165) is 0 Å². The summed E-state index contributed by atoms with van der Waals surface area (Å²) in [4.78, 5) is 0. The van der Waals surface area contributed by atoms with Crippen molar-refractivity contribution in [2.75, 3.05) is 11.1 Å². The average Bonchev–Trinajstić information content (AvgIpc) is 2.74. The van der Waals surface area contributed by atoms with Crippen LogP contribution >= 0.6 is 23.2 Å². The molecule has 0 saturated carbocycles. The number of nitrogens with one attached hydrogen (secondary N) is 2. The third-order valence-corrected chi connectivity index (χ3v) is 2.64. The molecule has 84 valence electrons. The minimum Gasteiger partial charge on any atom is -0.397 e. The zero-order valence-corrected chi connectivity index (χ0v) is 9.55. The van der Waals surface area contributed by atoms with E-state index in [4.69, 9.17) is 28.9 Å². The predicted molar refractivity (Wildman–Crippen MR) is 62.4 cm³/mol.